The van der Waals surface area contributed by atoms with E-state index in [-0.39, 0.29) is 40.7 Å². The van der Waals surface area contributed by atoms with E-state index in [1.807, 2.05) is 4.90 Å². The first-order valence-corrected chi connectivity index (χ1v) is 13.6. The molecule has 0 radical (unpaired) electrons. The molecule has 178 valence electrons. The highest BCUT2D eigenvalue weighted by molar-refractivity contribution is 7.91. The molecule has 0 atom stereocenters. The Morgan fingerprint density at radius 3 is 2.33 bits per heavy atom. The molecule has 1 aromatic carbocycles. The van der Waals surface area contributed by atoms with Crippen LogP contribution < -0.4 is 5.32 Å². The lowest BCUT2D eigenvalue weighted by molar-refractivity contribution is -0.120. The van der Waals surface area contributed by atoms with Gasteiger partial charge in [0.05, 0.1) is 11.3 Å². The molecule has 7 nitrogen and oxygen atoms in total. The molecule has 1 N–H and O–H groups in total. The molecule has 2 aromatic rings. The Labute approximate surface area is 197 Å². The Bertz CT molecular complexity index is 1100. The van der Waals surface area contributed by atoms with E-state index in [1.54, 1.807) is 17.5 Å². The second kappa shape index (κ2) is 10.3. The Kier molecular flexibility index (Phi) is 7.45. The van der Waals surface area contributed by atoms with Crippen LogP contribution in [0.5, 0.6) is 0 Å². The molecule has 0 bridgehead atoms. The van der Waals surface area contributed by atoms with Gasteiger partial charge >= 0.3 is 0 Å². The molecule has 2 fully saturated rings. The molecule has 0 spiro atoms. The summed E-state index contributed by atoms with van der Waals surface area (Å²) in [7, 11) is -3.74. The van der Waals surface area contributed by atoms with Crippen molar-refractivity contribution in [1.29, 1.82) is 0 Å². The van der Waals surface area contributed by atoms with Crippen LogP contribution in [0.15, 0.2) is 39.9 Å². The largest absolute Gasteiger partial charge is 0.339 e. The van der Waals surface area contributed by atoms with Gasteiger partial charge in [-0.3, -0.25) is 9.59 Å². The quantitative estimate of drug-likeness (QED) is 0.684. The minimum atomic E-state index is -3.74. The lowest BCUT2D eigenvalue weighted by Gasteiger charge is -2.30. The highest BCUT2D eigenvalue weighted by atomic mass is 32.2. The number of amides is 2. The third kappa shape index (κ3) is 5.44. The number of sulfonamides is 1. The van der Waals surface area contributed by atoms with Crippen LogP contribution in [0.3, 0.4) is 0 Å². The van der Waals surface area contributed by atoms with Crippen LogP contribution in [-0.2, 0) is 14.8 Å². The van der Waals surface area contributed by atoms with E-state index in [0.717, 1.165) is 37.0 Å². The summed E-state index contributed by atoms with van der Waals surface area (Å²) >= 11 is 1.06. The number of halogens is 1. The Balaban J connectivity index is 1.36. The monoisotopic (exact) mass is 493 g/mol. The van der Waals surface area contributed by atoms with Crippen molar-refractivity contribution in [2.24, 2.45) is 5.92 Å². The first-order chi connectivity index (χ1) is 15.9. The molecular formula is C23H28FN3O4S2. The van der Waals surface area contributed by atoms with E-state index in [0.29, 0.717) is 31.5 Å². The second-order valence-electron chi connectivity index (χ2n) is 8.51. The minimum Gasteiger partial charge on any atom is -0.339 e. The lowest BCUT2D eigenvalue weighted by Crippen LogP contribution is -2.41. The van der Waals surface area contributed by atoms with E-state index >= 15 is 0 Å². The smallest absolute Gasteiger partial charge is 0.254 e. The number of piperidine rings is 1. The number of thiophene rings is 1. The summed E-state index contributed by atoms with van der Waals surface area (Å²) < 4.78 is 41.6. The maximum Gasteiger partial charge on any atom is 0.254 e. The van der Waals surface area contributed by atoms with Gasteiger partial charge in [-0.25, -0.2) is 12.8 Å². The number of anilines is 1. The molecule has 0 saturated carbocycles. The van der Waals surface area contributed by atoms with Crippen LogP contribution in [0, 0.1) is 11.7 Å². The second-order valence-corrected chi connectivity index (χ2v) is 11.6. The molecule has 1 aromatic heterocycles. The summed E-state index contributed by atoms with van der Waals surface area (Å²) in [5.41, 5.74) is 0.539. The molecule has 0 unspecified atom stereocenters. The predicted molar refractivity (Wildman–Crippen MR) is 125 cm³/mol. The number of likely N-dealkylation sites (tertiary alicyclic amines) is 1. The highest BCUT2D eigenvalue weighted by Gasteiger charge is 2.33. The molecule has 33 heavy (non-hydrogen) atoms. The third-order valence-electron chi connectivity index (χ3n) is 6.27. The Morgan fingerprint density at radius 1 is 1.00 bits per heavy atom. The van der Waals surface area contributed by atoms with Crippen LogP contribution in [0.25, 0.3) is 0 Å². The number of hydrogen-bond donors (Lipinski definition) is 1. The summed E-state index contributed by atoms with van der Waals surface area (Å²) in [5, 5.41) is 4.21. The number of carbonyl (C=O) groups excluding carboxylic acids is 2. The van der Waals surface area contributed by atoms with E-state index in [2.05, 4.69) is 5.32 Å². The topological polar surface area (TPSA) is 86.8 Å². The van der Waals surface area contributed by atoms with Crippen molar-refractivity contribution in [2.75, 3.05) is 31.5 Å². The maximum atomic E-state index is 13.8. The molecule has 10 heteroatoms. The molecular weight excluding hydrogens is 465 g/mol. The van der Waals surface area contributed by atoms with Crippen molar-refractivity contribution in [3.05, 3.63) is 47.1 Å². The molecule has 2 aliphatic rings. The van der Waals surface area contributed by atoms with Crippen LogP contribution in [0.1, 0.15) is 48.9 Å². The minimum absolute atomic E-state index is 0.113. The van der Waals surface area contributed by atoms with Crippen LogP contribution in [0.4, 0.5) is 10.1 Å². The summed E-state index contributed by atoms with van der Waals surface area (Å²) in [6, 6.07) is 7.43. The number of rotatable bonds is 5. The van der Waals surface area contributed by atoms with E-state index in [9.17, 15) is 22.4 Å². The predicted octanol–water partition coefficient (Wildman–Crippen LogP) is 3.94. The van der Waals surface area contributed by atoms with Gasteiger partial charge in [-0.15, -0.1) is 11.3 Å². The van der Waals surface area contributed by atoms with Gasteiger partial charge in [-0.05, 0) is 43.9 Å². The fraction of sp³-hybridized carbons (Fsp3) is 0.478. The summed E-state index contributed by atoms with van der Waals surface area (Å²) in [5.74, 6) is -1.31. The number of hydrogen-bond acceptors (Lipinski definition) is 5. The van der Waals surface area contributed by atoms with Crippen molar-refractivity contribution < 1.29 is 22.4 Å². The van der Waals surface area contributed by atoms with Crippen molar-refractivity contribution in [3.63, 3.8) is 0 Å². The van der Waals surface area contributed by atoms with Gasteiger partial charge in [0.25, 0.3) is 15.9 Å². The number of para-hydroxylation sites is 1. The molecule has 4 rings (SSSR count). The van der Waals surface area contributed by atoms with Crippen LogP contribution >= 0.6 is 11.3 Å². The van der Waals surface area contributed by atoms with Crippen LogP contribution in [0.2, 0.25) is 0 Å². The third-order valence-corrected chi connectivity index (χ3v) is 9.58. The molecule has 2 saturated heterocycles. The first-order valence-electron chi connectivity index (χ1n) is 11.3. The van der Waals surface area contributed by atoms with Crippen molar-refractivity contribution in [1.82, 2.24) is 9.21 Å². The van der Waals surface area contributed by atoms with Gasteiger partial charge in [0.2, 0.25) is 5.91 Å². The van der Waals surface area contributed by atoms with Crippen molar-refractivity contribution in [2.45, 2.75) is 42.7 Å². The molecule has 2 amide bonds. The number of carbonyl (C=O) groups is 2. The normalized spacial score (nSPS) is 18.6. The van der Waals surface area contributed by atoms with Gasteiger partial charge in [0.15, 0.2) is 0 Å². The zero-order chi connectivity index (χ0) is 23.4. The number of nitrogens with zero attached hydrogens (tertiary/aromatic N) is 2. The van der Waals surface area contributed by atoms with Gasteiger partial charge in [0.1, 0.15) is 10.0 Å². The molecule has 0 aliphatic carbocycles. The summed E-state index contributed by atoms with van der Waals surface area (Å²) in [6.45, 7) is 1.81. The first kappa shape index (κ1) is 23.8. The zero-order valence-electron chi connectivity index (χ0n) is 18.3. The van der Waals surface area contributed by atoms with E-state index in [1.165, 1.54) is 22.5 Å². The van der Waals surface area contributed by atoms with E-state index in [4.69, 9.17) is 0 Å². The van der Waals surface area contributed by atoms with Gasteiger partial charge in [0, 0.05) is 37.5 Å². The number of benzene rings is 1. The maximum absolute atomic E-state index is 13.8. The van der Waals surface area contributed by atoms with Crippen LogP contribution in [-0.4, -0.2) is 55.6 Å². The van der Waals surface area contributed by atoms with Gasteiger partial charge < -0.3 is 10.2 Å². The van der Waals surface area contributed by atoms with Gasteiger partial charge in [-0.1, -0.05) is 25.0 Å². The standard InChI is InChI=1S/C23H28FN3O4S2/c24-19-7-3-4-8-20(19)25-22(28)17-9-13-27(14-10-17)33(30,31)21-15-18(16-32-21)23(29)26-11-5-1-2-6-12-26/h3-4,7-8,15-17H,1-2,5-6,9-14H2,(H,25,28). The summed E-state index contributed by atoms with van der Waals surface area (Å²) in [6.07, 6.45) is 4.87. The molecule has 2 aliphatic heterocycles. The average molecular weight is 494 g/mol. The Morgan fingerprint density at radius 2 is 1.67 bits per heavy atom. The fourth-order valence-corrected chi connectivity index (χ4v) is 7.08. The lowest BCUT2D eigenvalue weighted by atomic mass is 9.97. The highest BCUT2D eigenvalue weighted by Crippen LogP contribution is 2.29. The van der Waals surface area contributed by atoms with Gasteiger partial charge in [-0.2, -0.15) is 4.31 Å². The average Bonchev–Trinajstić information content (AvgIpc) is 3.17. The zero-order valence-corrected chi connectivity index (χ0v) is 20.0. The number of nitrogens with one attached hydrogen (secondary N) is 1. The van der Waals surface area contributed by atoms with Crippen molar-refractivity contribution in [3.8, 4) is 0 Å². The molecule has 3 heterocycles. The fourth-order valence-electron chi connectivity index (χ4n) is 4.30. The Hall–Kier alpha value is -2.30. The summed E-state index contributed by atoms with van der Waals surface area (Å²) in [4.78, 5) is 27.1. The SMILES string of the molecule is O=C(Nc1ccccc1F)C1CCN(S(=O)(=O)c2cc(C(=O)N3CCCCCC3)cs2)CC1. The van der Waals surface area contributed by atoms with E-state index < -0.39 is 15.8 Å². The van der Waals surface area contributed by atoms with Crippen molar-refractivity contribution >= 4 is 38.9 Å².